The van der Waals surface area contributed by atoms with Gasteiger partial charge in [0.05, 0.1) is 35.2 Å². The molecule has 0 spiro atoms. The van der Waals surface area contributed by atoms with E-state index in [2.05, 4.69) is 11.4 Å². The standard InChI is InChI=1S/C19H15F3N2O3/c1-9-8-17(2)13-14(18(9,3)27-17)16(26)24(15(13)25)10-5-6-12(23-4)11(7-10)19(20,21)22/h5-7,13-14H,1,8H2,2-3H3/t13-,14+,17?,18?/m1/s1. The first-order valence-electron chi connectivity index (χ1n) is 8.29. The number of nitrogens with zero attached hydrogens (tertiary/aromatic N) is 2. The Bertz CT molecular complexity index is 964. The fourth-order valence-corrected chi connectivity index (χ4v) is 4.73. The van der Waals surface area contributed by atoms with E-state index in [1.54, 1.807) is 13.8 Å². The van der Waals surface area contributed by atoms with Gasteiger partial charge in [0.2, 0.25) is 11.8 Å². The van der Waals surface area contributed by atoms with Crippen LogP contribution in [-0.4, -0.2) is 23.0 Å². The van der Waals surface area contributed by atoms with Crippen molar-refractivity contribution in [3.05, 3.63) is 47.3 Å². The Balaban J connectivity index is 1.82. The van der Waals surface area contributed by atoms with Crippen molar-refractivity contribution in [2.45, 2.75) is 37.6 Å². The highest BCUT2D eigenvalue weighted by Gasteiger charge is 2.73. The average molecular weight is 376 g/mol. The van der Waals surface area contributed by atoms with Gasteiger partial charge in [-0.25, -0.2) is 9.74 Å². The minimum Gasteiger partial charge on any atom is -0.363 e. The van der Waals surface area contributed by atoms with Gasteiger partial charge in [0.15, 0.2) is 5.69 Å². The van der Waals surface area contributed by atoms with Crippen LogP contribution in [0.3, 0.4) is 0 Å². The van der Waals surface area contributed by atoms with Gasteiger partial charge in [-0.1, -0.05) is 12.6 Å². The number of halogens is 3. The monoisotopic (exact) mass is 376 g/mol. The predicted molar refractivity (Wildman–Crippen MR) is 88.8 cm³/mol. The number of carbonyl (C=O) groups is 2. The summed E-state index contributed by atoms with van der Waals surface area (Å²) in [6, 6.07) is 2.86. The second-order valence-corrected chi connectivity index (χ2v) is 7.58. The molecule has 3 saturated heterocycles. The zero-order chi connectivity index (χ0) is 19.9. The quantitative estimate of drug-likeness (QED) is 0.425. The van der Waals surface area contributed by atoms with Crippen LogP contribution in [0.5, 0.6) is 0 Å². The molecule has 1 aromatic carbocycles. The maximum atomic E-state index is 13.3. The number of amides is 2. The lowest BCUT2D eigenvalue weighted by molar-refractivity contribution is -0.137. The number of fused-ring (bicyclic) bond motifs is 5. The summed E-state index contributed by atoms with van der Waals surface area (Å²) >= 11 is 0. The van der Waals surface area contributed by atoms with Gasteiger partial charge in [-0.05, 0) is 31.6 Å². The van der Waals surface area contributed by atoms with Crippen molar-refractivity contribution < 1.29 is 27.5 Å². The minimum absolute atomic E-state index is 0.184. The fourth-order valence-electron chi connectivity index (χ4n) is 4.73. The van der Waals surface area contributed by atoms with Gasteiger partial charge in [-0.15, -0.1) is 0 Å². The van der Waals surface area contributed by atoms with Gasteiger partial charge in [-0.2, -0.15) is 13.2 Å². The van der Waals surface area contributed by atoms with Crippen molar-refractivity contribution in [3.8, 4) is 0 Å². The number of imide groups is 1. The van der Waals surface area contributed by atoms with Crippen molar-refractivity contribution >= 4 is 23.2 Å². The number of hydrogen-bond acceptors (Lipinski definition) is 3. The Morgan fingerprint density at radius 3 is 2.48 bits per heavy atom. The normalized spacial score (nSPS) is 35.0. The maximum Gasteiger partial charge on any atom is 0.407 e. The van der Waals surface area contributed by atoms with Crippen LogP contribution in [0.1, 0.15) is 25.8 Å². The first-order chi connectivity index (χ1) is 12.4. The van der Waals surface area contributed by atoms with E-state index in [9.17, 15) is 22.8 Å². The third-order valence-electron chi connectivity index (χ3n) is 5.93. The lowest BCUT2D eigenvalue weighted by atomic mass is 9.67. The summed E-state index contributed by atoms with van der Waals surface area (Å²) in [6.45, 7) is 14.3. The molecule has 8 heteroatoms. The van der Waals surface area contributed by atoms with Gasteiger partial charge < -0.3 is 4.74 Å². The van der Waals surface area contributed by atoms with E-state index >= 15 is 0 Å². The second kappa shape index (κ2) is 4.98. The highest BCUT2D eigenvalue weighted by atomic mass is 19.4. The molecular weight excluding hydrogens is 361 g/mol. The summed E-state index contributed by atoms with van der Waals surface area (Å²) in [5.41, 5.74) is -3.15. The topological polar surface area (TPSA) is 51.0 Å². The van der Waals surface area contributed by atoms with E-state index < -0.39 is 52.3 Å². The smallest absolute Gasteiger partial charge is 0.363 e. The predicted octanol–water partition coefficient (Wildman–Crippen LogP) is 3.87. The largest absolute Gasteiger partial charge is 0.407 e. The molecule has 1 aromatic rings. The van der Waals surface area contributed by atoms with E-state index in [-0.39, 0.29) is 5.69 Å². The zero-order valence-electron chi connectivity index (χ0n) is 14.6. The molecule has 3 aliphatic rings. The summed E-state index contributed by atoms with van der Waals surface area (Å²) in [5.74, 6) is -2.75. The summed E-state index contributed by atoms with van der Waals surface area (Å²) < 4.78 is 45.8. The number of alkyl halides is 3. The Hall–Kier alpha value is -2.66. The zero-order valence-corrected chi connectivity index (χ0v) is 14.6. The Kier molecular flexibility index (Phi) is 3.28. The van der Waals surface area contributed by atoms with Gasteiger partial charge in [0.1, 0.15) is 0 Å². The highest BCUT2D eigenvalue weighted by molar-refractivity contribution is 6.23. The van der Waals surface area contributed by atoms with E-state index in [0.29, 0.717) is 18.1 Å². The van der Waals surface area contributed by atoms with Gasteiger partial charge >= 0.3 is 6.18 Å². The van der Waals surface area contributed by atoms with Gasteiger partial charge in [0.25, 0.3) is 0 Å². The SMILES string of the molecule is [C-]#[N+]c1ccc(N2C(=O)[C@@H]3[C@H](C2=O)C2(C)CC(=C)C3(C)O2)cc1C(F)(F)F. The van der Waals surface area contributed by atoms with Crippen molar-refractivity contribution in [1.82, 2.24) is 0 Å². The van der Waals surface area contributed by atoms with Crippen LogP contribution >= 0.6 is 0 Å². The molecule has 3 fully saturated rings. The third-order valence-corrected chi connectivity index (χ3v) is 5.93. The molecule has 27 heavy (non-hydrogen) atoms. The molecule has 0 aliphatic carbocycles. The molecule has 140 valence electrons. The highest BCUT2D eigenvalue weighted by Crippen LogP contribution is 2.62. The van der Waals surface area contributed by atoms with Crippen LogP contribution in [0.4, 0.5) is 24.5 Å². The number of carbonyl (C=O) groups excluding carboxylic acids is 2. The molecule has 0 radical (unpaired) electrons. The van der Waals surface area contributed by atoms with Crippen LogP contribution in [0.2, 0.25) is 0 Å². The van der Waals surface area contributed by atoms with E-state index in [0.717, 1.165) is 11.0 Å². The van der Waals surface area contributed by atoms with Crippen molar-refractivity contribution in [3.63, 3.8) is 0 Å². The fraction of sp³-hybridized carbons (Fsp3) is 0.421. The first kappa shape index (κ1) is 17.7. The maximum absolute atomic E-state index is 13.3. The molecule has 2 unspecified atom stereocenters. The number of benzene rings is 1. The molecule has 4 atom stereocenters. The van der Waals surface area contributed by atoms with Gasteiger partial charge in [-0.3, -0.25) is 9.59 Å². The summed E-state index contributed by atoms with van der Waals surface area (Å²) in [7, 11) is 0. The lowest BCUT2D eigenvalue weighted by Crippen LogP contribution is -2.41. The molecule has 5 nitrogen and oxygen atoms in total. The Morgan fingerprint density at radius 1 is 1.26 bits per heavy atom. The molecule has 0 saturated carbocycles. The molecule has 2 bridgehead atoms. The Morgan fingerprint density at radius 2 is 1.89 bits per heavy atom. The Labute approximate surface area is 153 Å². The minimum atomic E-state index is -4.77. The summed E-state index contributed by atoms with van der Waals surface area (Å²) in [4.78, 5) is 29.7. The molecule has 3 heterocycles. The van der Waals surface area contributed by atoms with Crippen molar-refractivity contribution in [2.75, 3.05) is 4.90 Å². The molecule has 0 N–H and O–H groups in total. The number of hydrogen-bond donors (Lipinski definition) is 0. The van der Waals surface area contributed by atoms with Gasteiger partial charge in [0, 0.05) is 12.1 Å². The lowest BCUT2D eigenvalue weighted by Gasteiger charge is -2.29. The molecule has 4 rings (SSSR count). The van der Waals surface area contributed by atoms with E-state index in [4.69, 9.17) is 11.3 Å². The van der Waals surface area contributed by atoms with Crippen LogP contribution < -0.4 is 4.90 Å². The number of rotatable bonds is 1. The van der Waals surface area contributed by atoms with Crippen LogP contribution in [0.15, 0.2) is 30.4 Å². The molecule has 3 aliphatic heterocycles. The first-order valence-corrected chi connectivity index (χ1v) is 8.29. The molecule has 2 amide bonds. The van der Waals surface area contributed by atoms with E-state index in [1.807, 2.05) is 0 Å². The molecular formula is C19H15F3N2O3. The third kappa shape index (κ3) is 2.09. The number of anilines is 1. The van der Waals surface area contributed by atoms with Crippen LogP contribution in [-0.2, 0) is 20.5 Å². The van der Waals surface area contributed by atoms with Crippen LogP contribution in [0, 0.1) is 18.4 Å². The number of ether oxygens (including phenoxy) is 1. The van der Waals surface area contributed by atoms with Crippen molar-refractivity contribution in [2.24, 2.45) is 11.8 Å². The average Bonchev–Trinajstić information content (AvgIpc) is 3.07. The van der Waals surface area contributed by atoms with Crippen molar-refractivity contribution in [1.29, 1.82) is 0 Å². The summed E-state index contributed by atoms with van der Waals surface area (Å²) in [6.07, 6.45) is -4.35. The van der Waals surface area contributed by atoms with E-state index in [1.165, 1.54) is 6.07 Å². The second-order valence-electron chi connectivity index (χ2n) is 7.58. The summed E-state index contributed by atoms with van der Waals surface area (Å²) in [5, 5.41) is 0. The van der Waals surface area contributed by atoms with Crippen LogP contribution in [0.25, 0.3) is 4.85 Å². The molecule has 0 aromatic heterocycles.